The van der Waals surface area contributed by atoms with Crippen LogP contribution in [0.25, 0.3) is 0 Å². The van der Waals surface area contributed by atoms with Crippen molar-refractivity contribution in [2.75, 3.05) is 6.61 Å². The first-order valence-electron chi connectivity index (χ1n) is 3.99. The third-order valence-electron chi connectivity index (χ3n) is 1.56. The zero-order valence-electron chi connectivity index (χ0n) is 7.53. The number of aromatic nitrogens is 1. The second-order valence-electron chi connectivity index (χ2n) is 2.43. The summed E-state index contributed by atoms with van der Waals surface area (Å²) in [6, 6.07) is 3.11. The topological polar surface area (TPSA) is 82.9 Å². The highest BCUT2D eigenvalue weighted by molar-refractivity contribution is 5.91. The SMILES string of the molecule is CCOC(=O)c1c(C#N)cc[nH]c1=O. The Kier molecular flexibility index (Phi) is 3.02. The second kappa shape index (κ2) is 4.23. The molecule has 1 N–H and O–H groups in total. The summed E-state index contributed by atoms with van der Waals surface area (Å²) in [4.78, 5) is 24.8. The number of nitriles is 1. The average molecular weight is 192 g/mol. The molecule has 72 valence electrons. The highest BCUT2D eigenvalue weighted by Gasteiger charge is 2.16. The molecule has 0 unspecified atom stereocenters. The zero-order valence-corrected chi connectivity index (χ0v) is 7.53. The molecule has 5 heteroatoms. The van der Waals surface area contributed by atoms with Gasteiger partial charge in [-0.1, -0.05) is 0 Å². The molecule has 1 rings (SSSR count). The summed E-state index contributed by atoms with van der Waals surface area (Å²) in [6.07, 6.45) is 1.31. The number of carbonyl (C=O) groups excluding carboxylic acids is 1. The lowest BCUT2D eigenvalue weighted by Crippen LogP contribution is -2.21. The average Bonchev–Trinajstić information content (AvgIpc) is 2.17. The predicted octanol–water partition coefficient (Wildman–Crippen LogP) is 0.423. The predicted molar refractivity (Wildman–Crippen MR) is 47.7 cm³/mol. The molecule has 0 saturated carbocycles. The number of hydrogen-bond donors (Lipinski definition) is 1. The molecule has 0 aliphatic heterocycles. The third-order valence-corrected chi connectivity index (χ3v) is 1.56. The van der Waals surface area contributed by atoms with Gasteiger partial charge in [0.15, 0.2) is 0 Å². The summed E-state index contributed by atoms with van der Waals surface area (Å²) in [6.45, 7) is 1.79. The van der Waals surface area contributed by atoms with E-state index in [1.54, 1.807) is 13.0 Å². The van der Waals surface area contributed by atoms with E-state index in [0.717, 1.165) is 0 Å². The molecular weight excluding hydrogens is 184 g/mol. The fraction of sp³-hybridized carbons (Fsp3) is 0.222. The number of pyridine rings is 1. The first-order chi connectivity index (χ1) is 6.70. The minimum absolute atomic E-state index is 0.0206. The third kappa shape index (κ3) is 1.80. The van der Waals surface area contributed by atoms with Crippen molar-refractivity contribution in [3.05, 3.63) is 33.7 Å². The number of ether oxygens (including phenoxy) is 1. The normalized spacial score (nSPS) is 9.14. The number of esters is 1. The van der Waals surface area contributed by atoms with Gasteiger partial charge >= 0.3 is 5.97 Å². The zero-order chi connectivity index (χ0) is 10.6. The first-order valence-corrected chi connectivity index (χ1v) is 3.99. The number of nitrogens with one attached hydrogen (secondary N) is 1. The molecule has 0 amide bonds. The number of nitrogens with zero attached hydrogens (tertiary/aromatic N) is 1. The molecule has 0 aromatic carbocycles. The van der Waals surface area contributed by atoms with Gasteiger partial charge in [0.2, 0.25) is 0 Å². The van der Waals surface area contributed by atoms with E-state index in [9.17, 15) is 9.59 Å². The van der Waals surface area contributed by atoms with Gasteiger partial charge in [0.1, 0.15) is 11.6 Å². The molecule has 0 bridgehead atoms. The van der Waals surface area contributed by atoms with E-state index >= 15 is 0 Å². The summed E-state index contributed by atoms with van der Waals surface area (Å²) in [5.41, 5.74) is -0.827. The van der Waals surface area contributed by atoms with E-state index in [2.05, 4.69) is 9.72 Å². The van der Waals surface area contributed by atoms with Crippen LogP contribution in [0.1, 0.15) is 22.8 Å². The number of aromatic amines is 1. The standard InChI is InChI=1S/C9H8N2O3/c1-2-14-9(13)7-6(5-10)3-4-11-8(7)12/h3-4H,2H2,1H3,(H,11,12). The van der Waals surface area contributed by atoms with Gasteiger partial charge in [-0.25, -0.2) is 4.79 Å². The lowest BCUT2D eigenvalue weighted by molar-refractivity contribution is 0.0524. The molecule has 1 heterocycles. The summed E-state index contributed by atoms with van der Waals surface area (Å²) in [5, 5.41) is 8.65. The van der Waals surface area contributed by atoms with Crippen LogP contribution in [0.2, 0.25) is 0 Å². The van der Waals surface area contributed by atoms with Crippen LogP contribution >= 0.6 is 0 Å². The Morgan fingerprint density at radius 1 is 1.71 bits per heavy atom. The van der Waals surface area contributed by atoms with Crippen molar-refractivity contribution in [1.29, 1.82) is 5.26 Å². The first kappa shape index (κ1) is 9.99. The number of carbonyl (C=O) groups is 1. The maximum absolute atomic E-state index is 11.3. The number of H-pyrrole nitrogens is 1. The fourth-order valence-electron chi connectivity index (χ4n) is 0.978. The fourth-order valence-corrected chi connectivity index (χ4v) is 0.978. The van der Waals surface area contributed by atoms with Crippen LogP contribution in [0.3, 0.4) is 0 Å². The van der Waals surface area contributed by atoms with Crippen LogP contribution in [0, 0.1) is 11.3 Å². The quantitative estimate of drug-likeness (QED) is 0.688. The monoisotopic (exact) mass is 192 g/mol. The maximum atomic E-state index is 11.3. The molecule has 0 radical (unpaired) electrons. The van der Waals surface area contributed by atoms with Crippen molar-refractivity contribution in [1.82, 2.24) is 4.98 Å². The lowest BCUT2D eigenvalue weighted by atomic mass is 10.1. The van der Waals surface area contributed by atoms with Gasteiger partial charge in [0.25, 0.3) is 5.56 Å². The van der Waals surface area contributed by atoms with Crippen molar-refractivity contribution in [3.63, 3.8) is 0 Å². The Morgan fingerprint density at radius 2 is 2.43 bits per heavy atom. The van der Waals surface area contributed by atoms with Gasteiger partial charge in [-0.2, -0.15) is 5.26 Å². The van der Waals surface area contributed by atoms with E-state index in [1.807, 2.05) is 0 Å². The van der Waals surface area contributed by atoms with E-state index in [4.69, 9.17) is 5.26 Å². The summed E-state index contributed by atoms with van der Waals surface area (Å²) >= 11 is 0. The maximum Gasteiger partial charge on any atom is 0.345 e. The van der Waals surface area contributed by atoms with Crippen molar-refractivity contribution < 1.29 is 9.53 Å². The minimum atomic E-state index is -0.772. The van der Waals surface area contributed by atoms with E-state index < -0.39 is 11.5 Å². The molecular formula is C9H8N2O3. The Bertz CT molecular complexity index is 442. The highest BCUT2D eigenvalue weighted by atomic mass is 16.5. The minimum Gasteiger partial charge on any atom is -0.462 e. The van der Waals surface area contributed by atoms with Crippen LogP contribution in [0.4, 0.5) is 0 Å². The summed E-state index contributed by atoms with van der Waals surface area (Å²) in [5.74, 6) is -0.772. The van der Waals surface area contributed by atoms with Gasteiger partial charge in [-0.15, -0.1) is 0 Å². The molecule has 14 heavy (non-hydrogen) atoms. The van der Waals surface area contributed by atoms with Gasteiger partial charge in [-0.05, 0) is 13.0 Å². The molecule has 0 aliphatic rings. The van der Waals surface area contributed by atoms with Crippen molar-refractivity contribution >= 4 is 5.97 Å². The van der Waals surface area contributed by atoms with Crippen LogP contribution < -0.4 is 5.56 Å². The Hall–Kier alpha value is -2.09. The van der Waals surface area contributed by atoms with Crippen LogP contribution in [-0.4, -0.2) is 17.6 Å². The smallest absolute Gasteiger partial charge is 0.345 e. The molecule has 0 fully saturated rings. The van der Waals surface area contributed by atoms with Gasteiger partial charge in [0.05, 0.1) is 12.2 Å². The summed E-state index contributed by atoms with van der Waals surface area (Å²) < 4.78 is 4.64. The lowest BCUT2D eigenvalue weighted by Gasteiger charge is -2.01. The number of rotatable bonds is 2. The molecule has 5 nitrogen and oxygen atoms in total. The largest absolute Gasteiger partial charge is 0.462 e. The molecule has 1 aromatic heterocycles. The van der Waals surface area contributed by atoms with E-state index in [-0.39, 0.29) is 17.7 Å². The van der Waals surface area contributed by atoms with Gasteiger partial charge in [0, 0.05) is 6.20 Å². The molecule has 0 saturated heterocycles. The van der Waals surface area contributed by atoms with E-state index in [1.165, 1.54) is 12.3 Å². The summed E-state index contributed by atoms with van der Waals surface area (Å²) in [7, 11) is 0. The van der Waals surface area contributed by atoms with Gasteiger partial charge < -0.3 is 9.72 Å². The van der Waals surface area contributed by atoms with Crippen LogP contribution in [0.15, 0.2) is 17.1 Å². The Labute approximate surface area is 79.9 Å². The highest BCUT2D eigenvalue weighted by Crippen LogP contribution is 2.02. The number of hydrogen-bond acceptors (Lipinski definition) is 4. The molecule has 0 aliphatic carbocycles. The van der Waals surface area contributed by atoms with Gasteiger partial charge in [-0.3, -0.25) is 4.79 Å². The second-order valence-corrected chi connectivity index (χ2v) is 2.43. The molecule has 0 spiro atoms. The van der Waals surface area contributed by atoms with Crippen LogP contribution in [0.5, 0.6) is 0 Å². The Balaban J connectivity index is 3.26. The van der Waals surface area contributed by atoms with Crippen molar-refractivity contribution in [2.24, 2.45) is 0 Å². The van der Waals surface area contributed by atoms with Crippen molar-refractivity contribution in [3.8, 4) is 6.07 Å². The molecule has 0 atom stereocenters. The van der Waals surface area contributed by atoms with Crippen molar-refractivity contribution in [2.45, 2.75) is 6.92 Å². The Morgan fingerprint density at radius 3 is 3.00 bits per heavy atom. The molecule has 1 aromatic rings. The van der Waals surface area contributed by atoms with E-state index in [0.29, 0.717) is 0 Å². The van der Waals surface area contributed by atoms with Crippen LogP contribution in [-0.2, 0) is 4.74 Å².